The molecule has 0 bridgehead atoms. The number of hydrogen-bond acceptors (Lipinski definition) is 5. The molecule has 1 rings (SSSR count). The van der Waals surface area contributed by atoms with Crippen molar-refractivity contribution in [1.82, 2.24) is 4.31 Å². The lowest BCUT2D eigenvalue weighted by molar-refractivity contribution is 0.185. The van der Waals surface area contributed by atoms with Crippen molar-refractivity contribution in [2.45, 2.75) is 17.7 Å². The Morgan fingerprint density at radius 1 is 1.53 bits per heavy atom. The predicted octanol–water partition coefficient (Wildman–Crippen LogP) is 0.782. The van der Waals surface area contributed by atoms with Crippen molar-refractivity contribution in [2.24, 2.45) is 5.73 Å². The van der Waals surface area contributed by atoms with Crippen molar-refractivity contribution in [3.63, 3.8) is 0 Å². The number of rotatable bonds is 6. The summed E-state index contributed by atoms with van der Waals surface area (Å²) >= 11 is 1.23. The first-order valence-electron chi connectivity index (χ1n) is 5.18. The second kappa shape index (κ2) is 5.92. The van der Waals surface area contributed by atoms with Gasteiger partial charge in [-0.15, -0.1) is 11.3 Å². The van der Waals surface area contributed by atoms with Crippen LogP contribution in [0.25, 0.3) is 0 Å². The molecule has 0 aliphatic rings. The van der Waals surface area contributed by atoms with Gasteiger partial charge < -0.3 is 10.5 Å². The summed E-state index contributed by atoms with van der Waals surface area (Å²) in [5, 5.41) is 0. The van der Waals surface area contributed by atoms with Crippen LogP contribution in [0, 0.1) is 6.92 Å². The third-order valence-electron chi connectivity index (χ3n) is 2.46. The van der Waals surface area contributed by atoms with E-state index in [1.54, 1.807) is 20.2 Å². The summed E-state index contributed by atoms with van der Waals surface area (Å²) in [7, 11) is -0.316. The molecule has 0 atom stereocenters. The van der Waals surface area contributed by atoms with Crippen molar-refractivity contribution in [3.8, 4) is 0 Å². The van der Waals surface area contributed by atoms with E-state index in [-0.39, 0.29) is 0 Å². The number of nitrogens with zero attached hydrogens (tertiary/aromatic N) is 1. The van der Waals surface area contributed by atoms with E-state index in [1.807, 2.05) is 6.92 Å². The van der Waals surface area contributed by atoms with Crippen LogP contribution in [0.3, 0.4) is 0 Å². The van der Waals surface area contributed by atoms with E-state index in [0.717, 1.165) is 10.4 Å². The summed E-state index contributed by atoms with van der Waals surface area (Å²) in [5.74, 6) is 0. The molecule has 1 heterocycles. The van der Waals surface area contributed by atoms with Crippen LogP contribution in [0.5, 0.6) is 0 Å². The monoisotopic (exact) mass is 278 g/mol. The van der Waals surface area contributed by atoms with Gasteiger partial charge in [0, 0.05) is 32.1 Å². The number of aryl methyl sites for hydroxylation is 1. The minimum Gasteiger partial charge on any atom is -0.383 e. The number of thiophene rings is 1. The van der Waals surface area contributed by atoms with Crippen LogP contribution >= 0.6 is 11.3 Å². The summed E-state index contributed by atoms with van der Waals surface area (Å²) < 4.78 is 30.8. The first-order valence-corrected chi connectivity index (χ1v) is 7.43. The third-order valence-corrected chi connectivity index (χ3v) is 6.02. The highest BCUT2D eigenvalue weighted by atomic mass is 32.2. The van der Waals surface area contributed by atoms with Crippen molar-refractivity contribution < 1.29 is 13.2 Å². The van der Waals surface area contributed by atoms with Crippen LogP contribution in [0.4, 0.5) is 0 Å². The lowest BCUT2D eigenvalue weighted by Crippen LogP contribution is -2.29. The number of ether oxygens (including phenoxy) is 1. The van der Waals surface area contributed by atoms with E-state index in [1.165, 1.54) is 15.6 Å². The van der Waals surface area contributed by atoms with Gasteiger partial charge in [-0.25, -0.2) is 8.42 Å². The zero-order valence-corrected chi connectivity index (χ0v) is 11.9. The molecule has 98 valence electrons. The molecule has 0 spiro atoms. The Labute approximate surface area is 106 Å². The van der Waals surface area contributed by atoms with Crippen LogP contribution < -0.4 is 5.73 Å². The molecule has 0 saturated heterocycles. The summed E-state index contributed by atoms with van der Waals surface area (Å²) in [4.78, 5) is 0.906. The van der Waals surface area contributed by atoms with Crippen molar-refractivity contribution in [1.29, 1.82) is 0 Å². The Morgan fingerprint density at radius 3 is 2.65 bits per heavy atom. The van der Waals surface area contributed by atoms with E-state index in [9.17, 15) is 8.42 Å². The molecule has 7 heteroatoms. The minimum absolute atomic E-state index is 0.341. The second-order valence-corrected chi connectivity index (χ2v) is 7.10. The number of nitrogens with two attached hydrogens (primary N) is 1. The molecule has 0 aliphatic heterocycles. The maximum absolute atomic E-state index is 12.2. The molecule has 0 aromatic carbocycles. The Morgan fingerprint density at radius 2 is 2.18 bits per heavy atom. The van der Waals surface area contributed by atoms with E-state index in [4.69, 9.17) is 10.5 Å². The fourth-order valence-electron chi connectivity index (χ4n) is 1.31. The molecule has 0 unspecified atom stereocenters. The highest BCUT2D eigenvalue weighted by Crippen LogP contribution is 2.27. The van der Waals surface area contributed by atoms with E-state index in [2.05, 4.69) is 0 Å². The number of hydrogen-bond donors (Lipinski definition) is 1. The largest absolute Gasteiger partial charge is 0.383 e. The van der Waals surface area contributed by atoms with Gasteiger partial charge in [0.1, 0.15) is 4.21 Å². The van der Waals surface area contributed by atoms with Gasteiger partial charge >= 0.3 is 0 Å². The molecule has 17 heavy (non-hydrogen) atoms. The molecule has 0 saturated carbocycles. The first kappa shape index (κ1) is 14.6. The Kier molecular flexibility index (Phi) is 5.08. The van der Waals surface area contributed by atoms with Gasteiger partial charge in [0.05, 0.1) is 6.61 Å². The first-order chi connectivity index (χ1) is 7.93. The Balaban J connectivity index is 2.96. The molecule has 1 aromatic rings. The van der Waals surface area contributed by atoms with E-state index >= 15 is 0 Å². The van der Waals surface area contributed by atoms with Gasteiger partial charge in [-0.1, -0.05) is 0 Å². The lowest BCUT2D eigenvalue weighted by Gasteiger charge is -2.15. The summed E-state index contributed by atoms with van der Waals surface area (Å²) in [5.41, 5.74) is 6.47. The van der Waals surface area contributed by atoms with Crippen molar-refractivity contribution in [3.05, 3.63) is 16.5 Å². The average Bonchev–Trinajstić information content (AvgIpc) is 2.67. The van der Waals surface area contributed by atoms with Gasteiger partial charge in [-0.05, 0) is 18.6 Å². The molecule has 0 radical (unpaired) electrons. The quantitative estimate of drug-likeness (QED) is 0.834. The van der Waals surface area contributed by atoms with Crippen molar-refractivity contribution >= 4 is 21.4 Å². The van der Waals surface area contributed by atoms with Gasteiger partial charge in [-0.3, -0.25) is 0 Å². The summed E-state index contributed by atoms with van der Waals surface area (Å²) in [6.45, 7) is 2.96. The molecular weight excluding hydrogens is 260 g/mol. The van der Waals surface area contributed by atoms with Gasteiger partial charge in [0.25, 0.3) is 10.0 Å². The van der Waals surface area contributed by atoms with Crippen LogP contribution in [0.15, 0.2) is 10.3 Å². The fourth-order valence-corrected chi connectivity index (χ4v) is 4.15. The normalized spacial score (nSPS) is 12.3. The smallest absolute Gasteiger partial charge is 0.252 e. The van der Waals surface area contributed by atoms with Gasteiger partial charge in [-0.2, -0.15) is 4.31 Å². The average molecular weight is 278 g/mol. The zero-order chi connectivity index (χ0) is 13.1. The van der Waals surface area contributed by atoms with Gasteiger partial charge in [0.15, 0.2) is 0 Å². The van der Waals surface area contributed by atoms with E-state index in [0.29, 0.717) is 23.9 Å². The highest BCUT2D eigenvalue weighted by molar-refractivity contribution is 7.91. The summed E-state index contributed by atoms with van der Waals surface area (Å²) in [6, 6.07) is 1.67. The van der Waals surface area contributed by atoms with Crippen LogP contribution in [-0.4, -0.2) is 40.0 Å². The van der Waals surface area contributed by atoms with Gasteiger partial charge in [0.2, 0.25) is 0 Å². The topological polar surface area (TPSA) is 72.6 Å². The van der Waals surface area contributed by atoms with E-state index < -0.39 is 10.0 Å². The highest BCUT2D eigenvalue weighted by Gasteiger charge is 2.23. The minimum atomic E-state index is -3.41. The molecule has 0 aliphatic carbocycles. The molecule has 2 N–H and O–H groups in total. The van der Waals surface area contributed by atoms with Crippen LogP contribution in [0.2, 0.25) is 0 Å². The maximum atomic E-state index is 12.2. The number of likely N-dealkylation sites (N-methyl/N-ethyl adjacent to an activating group) is 1. The molecular formula is C10H18N2O3S2. The summed E-state index contributed by atoms with van der Waals surface area (Å²) in [6.07, 6.45) is 0. The SMILES string of the molecule is COCCN(C)S(=O)(=O)c1cc(C)c(CN)s1. The van der Waals surface area contributed by atoms with Crippen LogP contribution in [0.1, 0.15) is 10.4 Å². The number of sulfonamides is 1. The second-order valence-electron chi connectivity index (χ2n) is 3.70. The Bertz CT molecular complexity index is 468. The third kappa shape index (κ3) is 3.26. The molecule has 0 fully saturated rings. The van der Waals surface area contributed by atoms with Crippen molar-refractivity contribution in [2.75, 3.05) is 27.3 Å². The predicted molar refractivity (Wildman–Crippen MR) is 68.6 cm³/mol. The molecule has 1 aromatic heterocycles. The molecule has 5 nitrogen and oxygen atoms in total. The Hall–Kier alpha value is -0.470. The maximum Gasteiger partial charge on any atom is 0.252 e. The zero-order valence-electron chi connectivity index (χ0n) is 10.3. The number of methoxy groups -OCH3 is 1. The fraction of sp³-hybridized carbons (Fsp3) is 0.600. The standard InChI is InChI=1S/C10H18N2O3S2/c1-8-6-10(16-9(8)7-11)17(13,14)12(2)4-5-15-3/h6H,4-5,7,11H2,1-3H3. The van der Waals surface area contributed by atoms with Crippen LogP contribution in [-0.2, 0) is 21.3 Å². The lowest BCUT2D eigenvalue weighted by atomic mass is 10.3. The molecule has 0 amide bonds.